The number of hydrogen-bond donors (Lipinski definition) is 0. The van der Waals surface area contributed by atoms with Crippen molar-refractivity contribution in [3.8, 4) is 0 Å². The van der Waals surface area contributed by atoms with Crippen molar-refractivity contribution in [2.24, 2.45) is 11.8 Å². The molecule has 0 aromatic heterocycles. The second kappa shape index (κ2) is 4.37. The van der Waals surface area contributed by atoms with Gasteiger partial charge < -0.3 is 0 Å². The summed E-state index contributed by atoms with van der Waals surface area (Å²) >= 11 is 0. The predicted molar refractivity (Wildman–Crippen MR) is 55.4 cm³/mol. The molecule has 0 bridgehead atoms. The normalized spacial score (nSPS) is 24.9. The van der Waals surface area contributed by atoms with E-state index >= 15 is 0 Å². The van der Waals surface area contributed by atoms with Crippen LogP contribution >= 0.6 is 0 Å². The second-order valence-corrected chi connectivity index (χ2v) is 7.89. The minimum Gasteiger partial charge on any atom is -0.229 e. The fraction of sp³-hybridized carbons (Fsp3) is 1.00. The maximum atomic E-state index is 12.4. The molecule has 0 radical (unpaired) electrons. The topological polar surface area (TPSA) is 68.3 Å². The lowest BCUT2D eigenvalue weighted by atomic mass is 9.90. The molecule has 0 spiro atoms. The van der Waals surface area contributed by atoms with Crippen molar-refractivity contribution in [3.05, 3.63) is 0 Å². The Bertz CT molecular complexity index is 398. The van der Waals surface area contributed by atoms with Crippen LogP contribution in [0.2, 0.25) is 0 Å². The van der Waals surface area contributed by atoms with Crippen LogP contribution in [-0.4, -0.2) is 34.1 Å². The van der Waals surface area contributed by atoms with Crippen LogP contribution in [0.5, 0.6) is 0 Å². The molecule has 1 unspecified atom stereocenters. The highest BCUT2D eigenvalue weighted by atomic mass is 32.3. The molecule has 0 N–H and O–H groups in total. The van der Waals surface area contributed by atoms with E-state index < -0.39 is 25.8 Å². The lowest BCUT2D eigenvalue weighted by Gasteiger charge is -2.26. The van der Waals surface area contributed by atoms with Gasteiger partial charge in [-0.25, -0.2) is 8.42 Å². The van der Waals surface area contributed by atoms with E-state index in [9.17, 15) is 20.7 Å². The lowest BCUT2D eigenvalue weighted by molar-refractivity contribution is 0.350. The molecule has 1 aliphatic heterocycles. The Labute approximate surface area is 90.0 Å². The molecule has 1 rings (SSSR count). The number of hydrogen-bond acceptors (Lipinski definition) is 4. The summed E-state index contributed by atoms with van der Waals surface area (Å²) in [4.78, 5) is 0. The van der Waals surface area contributed by atoms with E-state index in [1.807, 2.05) is 0 Å². The van der Waals surface area contributed by atoms with Gasteiger partial charge >= 0.3 is 10.2 Å². The lowest BCUT2D eigenvalue weighted by Crippen LogP contribution is -2.29. The molecule has 90 valence electrons. The van der Waals surface area contributed by atoms with Gasteiger partial charge in [-0.3, -0.25) is 0 Å². The Balaban J connectivity index is 2.54. The van der Waals surface area contributed by atoms with Crippen LogP contribution in [0.15, 0.2) is 0 Å². The Morgan fingerprint density at radius 2 is 1.80 bits per heavy atom. The zero-order valence-corrected chi connectivity index (χ0v) is 10.2. The summed E-state index contributed by atoms with van der Waals surface area (Å²) in [5.41, 5.74) is 0. The molecule has 7 heteroatoms. The number of rotatable bonds is 3. The summed E-state index contributed by atoms with van der Waals surface area (Å²) in [6.07, 6.45) is 0.887. The highest BCUT2D eigenvalue weighted by molar-refractivity contribution is 7.91. The predicted octanol–water partition coefficient (Wildman–Crippen LogP) is 0.747. The Hall–Kier alpha value is -0.170. The summed E-state index contributed by atoms with van der Waals surface area (Å²) in [5.74, 6) is -0.630. The smallest absolute Gasteiger partial charge is 0.229 e. The molecule has 0 saturated carbocycles. The Kier molecular flexibility index (Phi) is 3.76. The molecule has 0 aliphatic carbocycles. The minimum absolute atomic E-state index is 0.000880. The molecular weight excluding hydrogens is 243 g/mol. The van der Waals surface area contributed by atoms with E-state index in [2.05, 4.69) is 0 Å². The first kappa shape index (κ1) is 12.9. The SMILES string of the molecule is CC(CS(=O)(=O)F)C1CCS(=O)(=O)CC1. The van der Waals surface area contributed by atoms with Crippen molar-refractivity contribution >= 4 is 20.1 Å². The van der Waals surface area contributed by atoms with Crippen molar-refractivity contribution in [2.75, 3.05) is 17.3 Å². The van der Waals surface area contributed by atoms with Crippen LogP contribution in [0.1, 0.15) is 19.8 Å². The molecule has 0 aromatic rings. The van der Waals surface area contributed by atoms with E-state index in [0.29, 0.717) is 12.8 Å². The largest absolute Gasteiger partial charge is 0.302 e. The summed E-state index contributed by atoms with van der Waals surface area (Å²) in [6.45, 7) is 1.65. The first-order valence-electron chi connectivity index (χ1n) is 4.82. The van der Waals surface area contributed by atoms with Crippen LogP contribution in [0.4, 0.5) is 3.89 Å². The van der Waals surface area contributed by atoms with E-state index in [4.69, 9.17) is 0 Å². The summed E-state index contributed by atoms with van der Waals surface area (Å²) < 4.78 is 55.5. The molecule has 0 amide bonds. The van der Waals surface area contributed by atoms with Crippen molar-refractivity contribution in [1.82, 2.24) is 0 Å². The molecule has 1 heterocycles. The van der Waals surface area contributed by atoms with Crippen molar-refractivity contribution < 1.29 is 20.7 Å². The average Bonchev–Trinajstić information content (AvgIpc) is 2.00. The van der Waals surface area contributed by atoms with Gasteiger partial charge in [-0.05, 0) is 24.7 Å². The first-order chi connectivity index (χ1) is 6.70. The van der Waals surface area contributed by atoms with Gasteiger partial charge in [0.05, 0.1) is 17.3 Å². The van der Waals surface area contributed by atoms with Gasteiger partial charge in [0, 0.05) is 0 Å². The molecular formula is C8H15FO4S2. The molecule has 1 saturated heterocycles. The fourth-order valence-electron chi connectivity index (χ4n) is 1.93. The second-order valence-electron chi connectivity index (χ2n) is 4.17. The molecule has 4 nitrogen and oxygen atoms in total. The monoisotopic (exact) mass is 258 g/mol. The van der Waals surface area contributed by atoms with E-state index in [1.54, 1.807) is 6.92 Å². The quantitative estimate of drug-likeness (QED) is 0.700. The number of sulfone groups is 1. The van der Waals surface area contributed by atoms with Crippen molar-refractivity contribution in [3.63, 3.8) is 0 Å². The highest BCUT2D eigenvalue weighted by Crippen LogP contribution is 2.27. The van der Waals surface area contributed by atoms with Crippen LogP contribution in [0.25, 0.3) is 0 Å². The molecule has 15 heavy (non-hydrogen) atoms. The van der Waals surface area contributed by atoms with Crippen molar-refractivity contribution in [2.45, 2.75) is 19.8 Å². The van der Waals surface area contributed by atoms with Crippen molar-refractivity contribution in [1.29, 1.82) is 0 Å². The van der Waals surface area contributed by atoms with Gasteiger partial charge in [0.2, 0.25) is 0 Å². The molecule has 1 aliphatic rings. The third-order valence-electron chi connectivity index (χ3n) is 2.87. The maximum absolute atomic E-state index is 12.4. The zero-order valence-electron chi connectivity index (χ0n) is 8.52. The first-order valence-corrected chi connectivity index (χ1v) is 8.20. The van der Waals surface area contributed by atoms with Gasteiger partial charge in [0.25, 0.3) is 0 Å². The van der Waals surface area contributed by atoms with Gasteiger partial charge in [0.15, 0.2) is 0 Å². The van der Waals surface area contributed by atoms with Crippen LogP contribution in [-0.2, 0) is 20.1 Å². The van der Waals surface area contributed by atoms with Crippen LogP contribution < -0.4 is 0 Å². The summed E-state index contributed by atoms with van der Waals surface area (Å²) in [5, 5.41) is 0. The van der Waals surface area contributed by atoms with Gasteiger partial charge in [0.1, 0.15) is 9.84 Å². The van der Waals surface area contributed by atoms with Crippen LogP contribution in [0.3, 0.4) is 0 Å². The fourth-order valence-corrected chi connectivity index (χ4v) is 4.36. The van der Waals surface area contributed by atoms with E-state index in [1.165, 1.54) is 0 Å². The van der Waals surface area contributed by atoms with Gasteiger partial charge in [-0.1, -0.05) is 6.92 Å². The van der Waals surface area contributed by atoms with Gasteiger partial charge in [-0.15, -0.1) is 3.89 Å². The molecule has 0 aromatic carbocycles. The van der Waals surface area contributed by atoms with E-state index in [-0.39, 0.29) is 23.3 Å². The maximum Gasteiger partial charge on any atom is 0.302 e. The van der Waals surface area contributed by atoms with Gasteiger partial charge in [-0.2, -0.15) is 8.42 Å². The molecule has 1 atom stereocenters. The third-order valence-corrected chi connectivity index (χ3v) is 5.51. The molecule has 1 fully saturated rings. The average molecular weight is 258 g/mol. The summed E-state index contributed by atoms with van der Waals surface area (Å²) in [6, 6.07) is 0. The zero-order chi connectivity index (χ0) is 11.7. The number of halogens is 1. The summed E-state index contributed by atoms with van der Waals surface area (Å²) in [7, 11) is -7.39. The highest BCUT2D eigenvalue weighted by Gasteiger charge is 2.29. The minimum atomic E-state index is -4.45. The third kappa shape index (κ3) is 4.46. The van der Waals surface area contributed by atoms with E-state index in [0.717, 1.165) is 0 Å². The Morgan fingerprint density at radius 3 is 2.20 bits per heavy atom. The van der Waals surface area contributed by atoms with Crippen LogP contribution in [0, 0.1) is 11.8 Å². The Morgan fingerprint density at radius 1 is 1.33 bits per heavy atom. The standard InChI is InChI=1S/C8H15FO4S2/c1-7(6-15(9,12)13)8-2-4-14(10,11)5-3-8/h7-8H,2-6H2,1H3.